The van der Waals surface area contributed by atoms with E-state index in [2.05, 4.69) is 0 Å². The van der Waals surface area contributed by atoms with Gasteiger partial charge in [-0.1, -0.05) is 19.3 Å². The number of hydrogen-bond acceptors (Lipinski definition) is 3. The maximum absolute atomic E-state index is 11.0. The van der Waals surface area contributed by atoms with Crippen LogP contribution in [-0.2, 0) is 4.79 Å². The second kappa shape index (κ2) is 5.64. The van der Waals surface area contributed by atoms with Crippen LogP contribution in [-0.4, -0.2) is 46.3 Å². The van der Waals surface area contributed by atoms with E-state index in [1.54, 1.807) is 6.92 Å². The first-order valence-electron chi connectivity index (χ1n) is 6.07. The second-order valence-corrected chi connectivity index (χ2v) is 5.09. The first-order chi connectivity index (χ1) is 7.46. The molecule has 2 N–H and O–H groups in total. The molecule has 0 saturated heterocycles. The lowest BCUT2D eigenvalue weighted by Gasteiger charge is -2.44. The van der Waals surface area contributed by atoms with E-state index < -0.39 is 12.1 Å². The molecule has 1 aliphatic carbocycles. The molecule has 0 radical (unpaired) electrons. The molecule has 0 spiro atoms. The number of carboxylic acid groups (broad SMARTS) is 1. The molecule has 1 unspecified atom stereocenters. The number of carboxylic acids is 1. The third-order valence-electron chi connectivity index (χ3n) is 3.61. The van der Waals surface area contributed by atoms with E-state index in [1.807, 2.05) is 11.9 Å². The van der Waals surface area contributed by atoms with Crippen LogP contribution in [0.3, 0.4) is 0 Å². The first kappa shape index (κ1) is 13.5. The van der Waals surface area contributed by atoms with E-state index >= 15 is 0 Å². The summed E-state index contributed by atoms with van der Waals surface area (Å²) in [6, 6.07) is 0. The normalized spacial score (nSPS) is 22.0. The van der Waals surface area contributed by atoms with Gasteiger partial charge >= 0.3 is 5.97 Å². The van der Waals surface area contributed by atoms with Gasteiger partial charge in [-0.05, 0) is 26.8 Å². The summed E-state index contributed by atoms with van der Waals surface area (Å²) in [5.41, 5.74) is -0.235. The van der Waals surface area contributed by atoms with Gasteiger partial charge in [0.2, 0.25) is 0 Å². The van der Waals surface area contributed by atoms with Gasteiger partial charge in [0.05, 0.1) is 12.5 Å². The van der Waals surface area contributed by atoms with Crippen molar-refractivity contribution in [3.05, 3.63) is 0 Å². The van der Waals surface area contributed by atoms with Crippen LogP contribution >= 0.6 is 0 Å². The van der Waals surface area contributed by atoms with E-state index in [1.165, 1.54) is 6.42 Å². The number of rotatable bonds is 5. The van der Waals surface area contributed by atoms with Gasteiger partial charge in [0.15, 0.2) is 0 Å². The Morgan fingerprint density at radius 2 is 1.94 bits per heavy atom. The standard InChI is InChI=1S/C12H23NO3/c1-10(14)9-13(2)12(8-11(15)16)6-4-3-5-7-12/h10,14H,3-9H2,1-2H3,(H,15,16). The number of aliphatic hydroxyl groups is 1. The van der Waals surface area contributed by atoms with Crippen LogP contribution in [0.1, 0.15) is 45.4 Å². The smallest absolute Gasteiger partial charge is 0.305 e. The van der Waals surface area contributed by atoms with Crippen LogP contribution < -0.4 is 0 Å². The van der Waals surface area contributed by atoms with Gasteiger partial charge in [0.25, 0.3) is 0 Å². The summed E-state index contributed by atoms with van der Waals surface area (Å²) in [6.45, 7) is 2.29. The Hall–Kier alpha value is -0.610. The summed E-state index contributed by atoms with van der Waals surface area (Å²) in [6.07, 6.45) is 5.04. The van der Waals surface area contributed by atoms with Crippen LogP contribution in [0.2, 0.25) is 0 Å². The molecule has 1 saturated carbocycles. The van der Waals surface area contributed by atoms with Gasteiger partial charge in [-0.3, -0.25) is 9.69 Å². The quantitative estimate of drug-likeness (QED) is 0.749. The Morgan fingerprint density at radius 3 is 2.38 bits per heavy atom. The highest BCUT2D eigenvalue weighted by atomic mass is 16.4. The lowest BCUT2D eigenvalue weighted by Crippen LogP contribution is -2.51. The monoisotopic (exact) mass is 229 g/mol. The van der Waals surface area contributed by atoms with Gasteiger partial charge in [0, 0.05) is 12.1 Å². The van der Waals surface area contributed by atoms with Crippen molar-refractivity contribution in [3.63, 3.8) is 0 Å². The lowest BCUT2D eigenvalue weighted by molar-refractivity contribution is -0.141. The Morgan fingerprint density at radius 1 is 1.38 bits per heavy atom. The Bertz CT molecular complexity index is 234. The Kier molecular flexibility index (Phi) is 4.74. The average Bonchev–Trinajstić information content (AvgIpc) is 2.16. The third-order valence-corrected chi connectivity index (χ3v) is 3.61. The SMILES string of the molecule is CC(O)CN(C)C1(CC(=O)O)CCCCC1. The molecule has 0 aliphatic heterocycles. The Labute approximate surface area is 97.3 Å². The maximum atomic E-state index is 11.0. The number of aliphatic hydroxyl groups excluding tert-OH is 1. The largest absolute Gasteiger partial charge is 0.481 e. The molecular weight excluding hydrogens is 206 g/mol. The number of aliphatic carboxylic acids is 1. The van der Waals surface area contributed by atoms with Crippen molar-refractivity contribution >= 4 is 5.97 Å². The second-order valence-electron chi connectivity index (χ2n) is 5.09. The van der Waals surface area contributed by atoms with Gasteiger partial charge in [0.1, 0.15) is 0 Å². The molecule has 0 amide bonds. The van der Waals surface area contributed by atoms with Gasteiger partial charge in [-0.2, -0.15) is 0 Å². The predicted octanol–water partition coefficient (Wildman–Crippen LogP) is 1.48. The molecule has 4 nitrogen and oxygen atoms in total. The minimum Gasteiger partial charge on any atom is -0.481 e. The molecular formula is C12H23NO3. The van der Waals surface area contributed by atoms with Gasteiger partial charge in [-0.25, -0.2) is 0 Å². The summed E-state index contributed by atoms with van der Waals surface area (Å²) in [4.78, 5) is 13.0. The zero-order chi connectivity index (χ0) is 12.2. The highest BCUT2D eigenvalue weighted by Gasteiger charge is 2.38. The van der Waals surface area contributed by atoms with E-state index in [4.69, 9.17) is 5.11 Å². The first-order valence-corrected chi connectivity index (χ1v) is 6.07. The highest BCUT2D eigenvalue weighted by molar-refractivity contribution is 5.68. The zero-order valence-electron chi connectivity index (χ0n) is 10.3. The van der Waals surface area contributed by atoms with E-state index in [9.17, 15) is 9.90 Å². The van der Waals surface area contributed by atoms with Crippen LogP contribution in [0.15, 0.2) is 0 Å². The van der Waals surface area contributed by atoms with E-state index in [0.717, 1.165) is 25.7 Å². The van der Waals surface area contributed by atoms with Gasteiger partial charge in [-0.15, -0.1) is 0 Å². The van der Waals surface area contributed by atoms with Crippen molar-refractivity contribution in [3.8, 4) is 0 Å². The van der Waals surface area contributed by atoms with Gasteiger partial charge < -0.3 is 10.2 Å². The number of nitrogens with zero attached hydrogens (tertiary/aromatic N) is 1. The van der Waals surface area contributed by atoms with Crippen molar-refractivity contribution in [2.75, 3.05) is 13.6 Å². The number of β-amino-alcohol motifs (C(OH)–C–C–N with tert-alkyl or cyclic N) is 1. The van der Waals surface area contributed by atoms with Crippen LogP contribution in [0.5, 0.6) is 0 Å². The van der Waals surface area contributed by atoms with Crippen molar-refractivity contribution < 1.29 is 15.0 Å². The molecule has 4 heteroatoms. The summed E-state index contributed by atoms with van der Waals surface area (Å²) in [5, 5.41) is 18.4. The van der Waals surface area contributed by atoms with Crippen LogP contribution in [0, 0.1) is 0 Å². The number of carbonyl (C=O) groups is 1. The topological polar surface area (TPSA) is 60.8 Å². The number of likely N-dealkylation sites (N-methyl/N-ethyl adjacent to an activating group) is 1. The maximum Gasteiger partial charge on any atom is 0.305 e. The average molecular weight is 229 g/mol. The molecule has 0 heterocycles. The third kappa shape index (κ3) is 3.46. The van der Waals surface area contributed by atoms with Crippen molar-refractivity contribution in [1.29, 1.82) is 0 Å². The van der Waals surface area contributed by atoms with E-state index in [-0.39, 0.29) is 12.0 Å². The molecule has 0 aromatic heterocycles. The molecule has 1 fully saturated rings. The minimum absolute atomic E-state index is 0.191. The number of hydrogen-bond donors (Lipinski definition) is 2. The molecule has 94 valence electrons. The summed E-state index contributed by atoms with van der Waals surface area (Å²) in [5.74, 6) is -0.737. The Balaban J connectivity index is 2.71. The van der Waals surface area contributed by atoms with Crippen molar-refractivity contribution in [2.45, 2.75) is 57.1 Å². The minimum atomic E-state index is -0.737. The molecule has 1 aliphatic rings. The lowest BCUT2D eigenvalue weighted by atomic mass is 9.78. The molecule has 0 bridgehead atoms. The fraction of sp³-hybridized carbons (Fsp3) is 0.917. The summed E-state index contributed by atoms with van der Waals surface area (Å²) < 4.78 is 0. The molecule has 16 heavy (non-hydrogen) atoms. The molecule has 0 aromatic carbocycles. The van der Waals surface area contributed by atoms with Crippen LogP contribution in [0.4, 0.5) is 0 Å². The highest BCUT2D eigenvalue weighted by Crippen LogP contribution is 2.35. The molecule has 1 atom stereocenters. The van der Waals surface area contributed by atoms with Crippen LogP contribution in [0.25, 0.3) is 0 Å². The summed E-state index contributed by atoms with van der Waals surface area (Å²) >= 11 is 0. The van der Waals surface area contributed by atoms with Crippen molar-refractivity contribution in [2.24, 2.45) is 0 Å². The van der Waals surface area contributed by atoms with E-state index in [0.29, 0.717) is 6.54 Å². The summed E-state index contributed by atoms with van der Waals surface area (Å²) in [7, 11) is 1.93. The fourth-order valence-corrected chi connectivity index (χ4v) is 2.77. The van der Waals surface area contributed by atoms with Crippen molar-refractivity contribution in [1.82, 2.24) is 4.90 Å². The molecule has 0 aromatic rings. The predicted molar refractivity (Wildman–Crippen MR) is 62.4 cm³/mol. The fourth-order valence-electron chi connectivity index (χ4n) is 2.77. The zero-order valence-corrected chi connectivity index (χ0v) is 10.3. The molecule has 1 rings (SSSR count).